The van der Waals surface area contributed by atoms with Gasteiger partial charge < -0.3 is 9.47 Å². The van der Waals surface area contributed by atoms with Crippen LogP contribution in [0.15, 0.2) is 42.5 Å². The maximum absolute atomic E-state index is 12.7. The largest absolute Gasteiger partial charge is 0.486 e. The summed E-state index contributed by atoms with van der Waals surface area (Å²) in [6, 6.07) is 13.5. The van der Waals surface area contributed by atoms with Crippen LogP contribution in [-0.2, 0) is 29.7 Å². The van der Waals surface area contributed by atoms with Crippen molar-refractivity contribution >= 4 is 10.2 Å². The Bertz CT molecular complexity index is 882. The maximum Gasteiger partial charge on any atom is 0.280 e. The quantitative estimate of drug-likeness (QED) is 0.904. The Hall–Kier alpha value is -2.09. The summed E-state index contributed by atoms with van der Waals surface area (Å²) >= 11 is 0. The lowest BCUT2D eigenvalue weighted by Crippen LogP contribution is -2.43. The minimum atomic E-state index is -3.56. The second-order valence-corrected chi connectivity index (χ2v) is 7.87. The minimum Gasteiger partial charge on any atom is -0.486 e. The van der Waals surface area contributed by atoms with Gasteiger partial charge in [0.25, 0.3) is 10.2 Å². The lowest BCUT2D eigenvalue weighted by molar-refractivity contribution is 0.170. The molecule has 0 fully saturated rings. The molecule has 0 saturated heterocycles. The Morgan fingerprint density at radius 3 is 2.68 bits per heavy atom. The zero-order valence-electron chi connectivity index (χ0n) is 13.8. The zero-order valence-corrected chi connectivity index (χ0v) is 14.6. The minimum absolute atomic E-state index is 0.174. The number of ether oxygens (including phenoxy) is 2. The highest BCUT2D eigenvalue weighted by Gasteiger charge is 2.27. The van der Waals surface area contributed by atoms with Gasteiger partial charge in [0.2, 0.25) is 0 Å². The Kier molecular flexibility index (Phi) is 4.37. The molecule has 7 heteroatoms. The SMILES string of the molecule is O=S(=O)(NCc1cccc2c1OCCO2)N1CCc2ccccc2C1. The van der Waals surface area contributed by atoms with Gasteiger partial charge in [0.1, 0.15) is 13.2 Å². The lowest BCUT2D eigenvalue weighted by atomic mass is 10.0. The van der Waals surface area contributed by atoms with Gasteiger partial charge in [-0.15, -0.1) is 0 Å². The van der Waals surface area contributed by atoms with Crippen LogP contribution in [0.4, 0.5) is 0 Å². The van der Waals surface area contributed by atoms with E-state index >= 15 is 0 Å². The molecule has 0 amide bonds. The summed E-state index contributed by atoms with van der Waals surface area (Å²) in [4.78, 5) is 0. The number of hydrogen-bond donors (Lipinski definition) is 1. The summed E-state index contributed by atoms with van der Waals surface area (Å²) in [5, 5.41) is 0. The van der Waals surface area contributed by atoms with Gasteiger partial charge in [0.05, 0.1) is 0 Å². The predicted octanol–water partition coefficient (Wildman–Crippen LogP) is 1.85. The Labute approximate surface area is 147 Å². The molecule has 0 spiro atoms. The molecule has 25 heavy (non-hydrogen) atoms. The van der Waals surface area contributed by atoms with E-state index in [9.17, 15) is 8.42 Å². The average molecular weight is 360 g/mol. The van der Waals surface area contributed by atoms with Gasteiger partial charge in [-0.05, 0) is 23.6 Å². The van der Waals surface area contributed by atoms with E-state index in [2.05, 4.69) is 10.8 Å². The van der Waals surface area contributed by atoms with Crippen LogP contribution in [0.25, 0.3) is 0 Å². The Morgan fingerprint density at radius 1 is 1.00 bits per heavy atom. The topological polar surface area (TPSA) is 67.9 Å². The molecule has 0 unspecified atom stereocenters. The summed E-state index contributed by atoms with van der Waals surface area (Å²) in [5.41, 5.74) is 3.06. The van der Waals surface area contributed by atoms with Crippen molar-refractivity contribution < 1.29 is 17.9 Å². The second kappa shape index (κ2) is 6.67. The van der Waals surface area contributed by atoms with Crippen LogP contribution in [0.3, 0.4) is 0 Å². The number of para-hydroxylation sites is 1. The standard InChI is InChI=1S/C18H20N2O4S/c21-25(22,20-9-8-14-4-1-2-5-16(14)13-20)19-12-15-6-3-7-17-18(15)24-11-10-23-17/h1-7,19H,8-13H2. The summed E-state index contributed by atoms with van der Waals surface area (Å²) in [6.45, 7) is 2.04. The number of hydrogen-bond acceptors (Lipinski definition) is 4. The summed E-state index contributed by atoms with van der Waals surface area (Å²) < 4.78 is 40.7. The van der Waals surface area contributed by atoms with E-state index in [1.54, 1.807) is 0 Å². The third-order valence-corrected chi connectivity index (χ3v) is 6.03. The molecule has 2 heterocycles. The van der Waals surface area contributed by atoms with Crippen LogP contribution < -0.4 is 14.2 Å². The molecule has 2 aliphatic heterocycles. The molecule has 2 aromatic rings. The molecule has 2 aromatic carbocycles. The maximum atomic E-state index is 12.7. The molecule has 1 N–H and O–H groups in total. The van der Waals surface area contributed by atoms with Crippen LogP contribution in [0.5, 0.6) is 11.5 Å². The first-order chi connectivity index (χ1) is 12.1. The van der Waals surface area contributed by atoms with Crippen molar-refractivity contribution in [3.05, 3.63) is 59.2 Å². The zero-order chi connectivity index (χ0) is 17.3. The van der Waals surface area contributed by atoms with E-state index in [-0.39, 0.29) is 6.54 Å². The van der Waals surface area contributed by atoms with Gasteiger partial charge in [0.15, 0.2) is 11.5 Å². The monoisotopic (exact) mass is 360 g/mol. The van der Waals surface area contributed by atoms with Crippen LogP contribution in [-0.4, -0.2) is 32.5 Å². The second-order valence-electron chi connectivity index (χ2n) is 6.12. The smallest absolute Gasteiger partial charge is 0.280 e. The molecule has 6 nitrogen and oxygen atoms in total. The van der Waals surface area contributed by atoms with Gasteiger partial charge in [-0.1, -0.05) is 36.4 Å². The normalized spacial score (nSPS) is 17.1. The first-order valence-electron chi connectivity index (χ1n) is 8.32. The highest BCUT2D eigenvalue weighted by atomic mass is 32.2. The highest BCUT2D eigenvalue weighted by Crippen LogP contribution is 2.33. The molecular weight excluding hydrogens is 340 g/mol. The fourth-order valence-corrected chi connectivity index (χ4v) is 4.37. The molecule has 0 aromatic heterocycles. The number of nitrogens with zero attached hydrogens (tertiary/aromatic N) is 1. The fraction of sp³-hybridized carbons (Fsp3) is 0.333. The molecule has 4 rings (SSSR count). The van der Waals surface area contributed by atoms with Crippen LogP contribution >= 0.6 is 0 Å². The molecule has 132 valence electrons. The van der Waals surface area contributed by atoms with Crippen LogP contribution in [0.1, 0.15) is 16.7 Å². The van der Waals surface area contributed by atoms with Gasteiger partial charge in [0, 0.05) is 25.2 Å². The third kappa shape index (κ3) is 3.35. The molecule has 0 radical (unpaired) electrons. The number of rotatable bonds is 4. The average Bonchev–Trinajstić information content (AvgIpc) is 2.66. The number of nitrogens with one attached hydrogen (secondary N) is 1. The van der Waals surface area contributed by atoms with Crippen molar-refractivity contribution in [2.24, 2.45) is 0 Å². The van der Waals surface area contributed by atoms with Crippen molar-refractivity contribution in [2.45, 2.75) is 19.5 Å². The van der Waals surface area contributed by atoms with E-state index in [4.69, 9.17) is 9.47 Å². The Morgan fingerprint density at radius 2 is 1.80 bits per heavy atom. The van der Waals surface area contributed by atoms with Crippen molar-refractivity contribution in [1.82, 2.24) is 9.03 Å². The molecule has 0 bridgehead atoms. The van der Waals surface area contributed by atoms with E-state index in [1.165, 1.54) is 9.87 Å². The number of benzene rings is 2. The number of fused-ring (bicyclic) bond motifs is 2. The van der Waals surface area contributed by atoms with Crippen molar-refractivity contribution in [3.63, 3.8) is 0 Å². The van der Waals surface area contributed by atoms with E-state index in [1.807, 2.05) is 36.4 Å². The van der Waals surface area contributed by atoms with Crippen LogP contribution in [0, 0.1) is 0 Å². The molecule has 0 atom stereocenters. The predicted molar refractivity (Wildman–Crippen MR) is 93.7 cm³/mol. The van der Waals surface area contributed by atoms with Crippen LogP contribution in [0.2, 0.25) is 0 Å². The first-order valence-corrected chi connectivity index (χ1v) is 9.76. The van der Waals surface area contributed by atoms with E-state index in [0.717, 1.165) is 17.5 Å². The molecule has 2 aliphatic rings. The van der Waals surface area contributed by atoms with Gasteiger partial charge >= 0.3 is 0 Å². The Balaban J connectivity index is 1.48. The van der Waals surface area contributed by atoms with Crippen molar-refractivity contribution in [2.75, 3.05) is 19.8 Å². The van der Waals surface area contributed by atoms with E-state index in [0.29, 0.717) is 37.8 Å². The molecular formula is C18H20N2O4S. The third-order valence-electron chi connectivity index (χ3n) is 4.53. The summed E-state index contributed by atoms with van der Waals surface area (Å²) in [5.74, 6) is 1.29. The fourth-order valence-electron chi connectivity index (χ4n) is 3.21. The first kappa shape index (κ1) is 16.4. The van der Waals surface area contributed by atoms with Gasteiger partial charge in [-0.25, -0.2) is 0 Å². The molecule has 0 saturated carbocycles. The lowest BCUT2D eigenvalue weighted by Gasteiger charge is -2.28. The van der Waals surface area contributed by atoms with Gasteiger partial charge in [-0.2, -0.15) is 17.4 Å². The molecule has 0 aliphatic carbocycles. The van der Waals surface area contributed by atoms with Gasteiger partial charge in [-0.3, -0.25) is 0 Å². The summed E-state index contributed by atoms with van der Waals surface area (Å²) in [7, 11) is -3.56. The van der Waals surface area contributed by atoms with Crippen molar-refractivity contribution in [3.8, 4) is 11.5 Å². The highest BCUT2D eigenvalue weighted by molar-refractivity contribution is 7.87. The van der Waals surface area contributed by atoms with E-state index < -0.39 is 10.2 Å². The van der Waals surface area contributed by atoms with Crippen molar-refractivity contribution in [1.29, 1.82) is 0 Å². The summed E-state index contributed by atoms with van der Waals surface area (Å²) in [6.07, 6.45) is 0.731.